The van der Waals surface area contributed by atoms with Crippen molar-refractivity contribution in [3.63, 3.8) is 0 Å². The van der Waals surface area contributed by atoms with Gasteiger partial charge in [0.25, 0.3) is 5.91 Å². The minimum atomic E-state index is -0.570. The standard InChI is InChI=1S/C26H29N3O4/c1-3-4-16-29(18-19-8-10-21(11-9-19)25(30)28-32)26(31)27-23-14-12-20(13-15-23)22-6-5-7-24(17-22)33-2/h5-15,17,32H,3-4,16,18H2,1-2H3,(H,27,31)(H,28,30). The van der Waals surface area contributed by atoms with Crippen LogP contribution < -0.4 is 15.5 Å². The highest BCUT2D eigenvalue weighted by Crippen LogP contribution is 2.25. The monoisotopic (exact) mass is 447 g/mol. The number of rotatable bonds is 9. The van der Waals surface area contributed by atoms with E-state index in [0.29, 0.717) is 24.3 Å². The van der Waals surface area contributed by atoms with Crippen molar-refractivity contribution in [2.45, 2.75) is 26.3 Å². The SMILES string of the molecule is CCCCN(Cc1ccc(C(=O)NO)cc1)C(=O)Nc1ccc(-c2cccc(OC)c2)cc1. The van der Waals surface area contributed by atoms with Crippen molar-refractivity contribution in [3.8, 4) is 16.9 Å². The highest BCUT2D eigenvalue weighted by atomic mass is 16.5. The lowest BCUT2D eigenvalue weighted by Crippen LogP contribution is -2.35. The lowest BCUT2D eigenvalue weighted by molar-refractivity contribution is 0.0706. The molecule has 3 N–H and O–H groups in total. The van der Waals surface area contributed by atoms with Crippen molar-refractivity contribution < 1.29 is 19.5 Å². The first-order chi connectivity index (χ1) is 16.0. The molecule has 0 heterocycles. The summed E-state index contributed by atoms with van der Waals surface area (Å²) in [7, 11) is 1.64. The molecule has 0 atom stereocenters. The average Bonchev–Trinajstić information content (AvgIpc) is 2.86. The van der Waals surface area contributed by atoms with Crippen LogP contribution in [0.2, 0.25) is 0 Å². The van der Waals surface area contributed by atoms with Gasteiger partial charge < -0.3 is 15.0 Å². The third kappa shape index (κ3) is 6.57. The maximum absolute atomic E-state index is 13.0. The van der Waals surface area contributed by atoms with Gasteiger partial charge in [-0.25, -0.2) is 10.3 Å². The Hall–Kier alpha value is -3.84. The van der Waals surface area contributed by atoms with Gasteiger partial charge in [-0.1, -0.05) is 49.7 Å². The van der Waals surface area contributed by atoms with Crippen LogP contribution in [-0.4, -0.2) is 35.7 Å². The fourth-order valence-electron chi connectivity index (χ4n) is 3.40. The van der Waals surface area contributed by atoms with Crippen molar-refractivity contribution in [3.05, 3.63) is 83.9 Å². The molecule has 0 bridgehead atoms. The molecule has 0 fully saturated rings. The van der Waals surface area contributed by atoms with Gasteiger partial charge in [0.2, 0.25) is 0 Å². The average molecular weight is 448 g/mol. The van der Waals surface area contributed by atoms with E-state index in [0.717, 1.165) is 35.3 Å². The van der Waals surface area contributed by atoms with E-state index in [1.165, 1.54) is 0 Å². The Morgan fingerprint density at radius 2 is 1.70 bits per heavy atom. The number of carbonyl (C=O) groups excluding carboxylic acids is 2. The first kappa shape index (κ1) is 23.8. The fraction of sp³-hybridized carbons (Fsp3) is 0.231. The van der Waals surface area contributed by atoms with Crippen molar-refractivity contribution in [1.29, 1.82) is 0 Å². The molecule has 3 rings (SSSR count). The number of unbranched alkanes of at least 4 members (excludes halogenated alkanes) is 1. The van der Waals surface area contributed by atoms with Gasteiger partial charge >= 0.3 is 6.03 Å². The number of ether oxygens (including phenoxy) is 1. The van der Waals surface area contributed by atoms with Crippen LogP contribution in [0.5, 0.6) is 5.75 Å². The minimum absolute atomic E-state index is 0.185. The number of benzene rings is 3. The summed E-state index contributed by atoms with van der Waals surface area (Å²) >= 11 is 0. The molecule has 0 aliphatic rings. The zero-order valence-corrected chi connectivity index (χ0v) is 18.9. The molecule has 3 amide bonds. The number of hydrogen-bond acceptors (Lipinski definition) is 4. The molecular formula is C26H29N3O4. The fourth-order valence-corrected chi connectivity index (χ4v) is 3.40. The molecule has 0 radical (unpaired) electrons. The predicted molar refractivity (Wildman–Crippen MR) is 128 cm³/mol. The first-order valence-corrected chi connectivity index (χ1v) is 10.9. The van der Waals surface area contributed by atoms with Gasteiger partial charge in [-0.15, -0.1) is 0 Å². The third-order valence-electron chi connectivity index (χ3n) is 5.30. The van der Waals surface area contributed by atoms with E-state index >= 15 is 0 Å². The molecule has 0 aliphatic heterocycles. The predicted octanol–water partition coefficient (Wildman–Crippen LogP) is 5.32. The Morgan fingerprint density at radius 3 is 2.33 bits per heavy atom. The smallest absolute Gasteiger partial charge is 0.322 e. The second-order valence-electron chi connectivity index (χ2n) is 7.65. The van der Waals surface area contributed by atoms with E-state index in [-0.39, 0.29) is 6.03 Å². The molecule has 0 aliphatic carbocycles. The second-order valence-corrected chi connectivity index (χ2v) is 7.65. The summed E-state index contributed by atoms with van der Waals surface area (Å²) in [5, 5.41) is 11.7. The topological polar surface area (TPSA) is 90.9 Å². The summed E-state index contributed by atoms with van der Waals surface area (Å²) in [6.45, 7) is 3.10. The second kappa shape index (κ2) is 11.7. The Labute approximate surface area is 194 Å². The van der Waals surface area contributed by atoms with Crippen molar-refractivity contribution in [2.24, 2.45) is 0 Å². The number of carbonyl (C=O) groups is 2. The Kier molecular flexibility index (Phi) is 8.43. The highest BCUT2D eigenvalue weighted by molar-refractivity contribution is 5.93. The number of amides is 3. The summed E-state index contributed by atoms with van der Waals surface area (Å²) in [6.07, 6.45) is 1.85. The molecule has 33 heavy (non-hydrogen) atoms. The summed E-state index contributed by atoms with van der Waals surface area (Å²) in [6, 6.07) is 22.1. The van der Waals surface area contributed by atoms with E-state index in [1.54, 1.807) is 41.8 Å². The molecule has 3 aromatic carbocycles. The van der Waals surface area contributed by atoms with Crippen LogP contribution in [0.25, 0.3) is 11.1 Å². The summed E-state index contributed by atoms with van der Waals surface area (Å²) in [4.78, 5) is 26.2. The maximum Gasteiger partial charge on any atom is 0.322 e. The van der Waals surface area contributed by atoms with Gasteiger partial charge in [-0.05, 0) is 59.5 Å². The molecule has 0 unspecified atom stereocenters. The number of nitrogens with zero attached hydrogens (tertiary/aromatic N) is 1. The van der Waals surface area contributed by atoms with Crippen LogP contribution in [0.15, 0.2) is 72.8 Å². The van der Waals surface area contributed by atoms with E-state index in [1.807, 2.05) is 48.5 Å². The molecule has 3 aromatic rings. The van der Waals surface area contributed by atoms with Crippen molar-refractivity contribution >= 4 is 17.6 Å². The van der Waals surface area contributed by atoms with Gasteiger partial charge in [-0.2, -0.15) is 0 Å². The number of methoxy groups -OCH3 is 1. The number of anilines is 1. The van der Waals surface area contributed by atoms with Crippen LogP contribution in [0.4, 0.5) is 10.5 Å². The van der Waals surface area contributed by atoms with Crippen molar-refractivity contribution in [1.82, 2.24) is 10.4 Å². The third-order valence-corrected chi connectivity index (χ3v) is 5.30. The zero-order chi connectivity index (χ0) is 23.6. The van der Waals surface area contributed by atoms with E-state index in [9.17, 15) is 9.59 Å². The molecule has 0 spiro atoms. The normalized spacial score (nSPS) is 10.4. The molecule has 0 aromatic heterocycles. The van der Waals surface area contributed by atoms with E-state index in [2.05, 4.69) is 12.2 Å². The zero-order valence-electron chi connectivity index (χ0n) is 18.9. The van der Waals surface area contributed by atoms with Gasteiger partial charge in [0, 0.05) is 24.3 Å². The molecule has 7 nitrogen and oxygen atoms in total. The number of urea groups is 1. The molecule has 172 valence electrons. The quantitative estimate of drug-likeness (QED) is 0.306. The maximum atomic E-state index is 13.0. The summed E-state index contributed by atoms with van der Waals surface area (Å²) in [5.41, 5.74) is 5.63. The molecule has 0 saturated heterocycles. The number of nitrogens with one attached hydrogen (secondary N) is 2. The lowest BCUT2D eigenvalue weighted by Gasteiger charge is -2.23. The first-order valence-electron chi connectivity index (χ1n) is 10.9. The van der Waals surface area contributed by atoms with E-state index in [4.69, 9.17) is 9.94 Å². The van der Waals surface area contributed by atoms with Crippen LogP contribution in [-0.2, 0) is 6.54 Å². The minimum Gasteiger partial charge on any atom is -0.497 e. The van der Waals surface area contributed by atoms with Crippen LogP contribution in [0, 0.1) is 0 Å². The van der Waals surface area contributed by atoms with Crippen LogP contribution in [0.1, 0.15) is 35.7 Å². The summed E-state index contributed by atoms with van der Waals surface area (Å²) in [5.74, 6) is 0.223. The van der Waals surface area contributed by atoms with Crippen molar-refractivity contribution in [2.75, 3.05) is 19.0 Å². The van der Waals surface area contributed by atoms with Gasteiger partial charge in [-0.3, -0.25) is 10.0 Å². The van der Waals surface area contributed by atoms with Crippen LogP contribution >= 0.6 is 0 Å². The highest BCUT2D eigenvalue weighted by Gasteiger charge is 2.15. The largest absolute Gasteiger partial charge is 0.497 e. The molecule has 7 heteroatoms. The number of hydroxylamine groups is 1. The Bertz CT molecular complexity index is 1070. The summed E-state index contributed by atoms with van der Waals surface area (Å²) < 4.78 is 5.29. The van der Waals surface area contributed by atoms with Gasteiger partial charge in [0.15, 0.2) is 0 Å². The Balaban J connectivity index is 1.68. The van der Waals surface area contributed by atoms with E-state index < -0.39 is 5.91 Å². The van der Waals surface area contributed by atoms with Crippen LogP contribution in [0.3, 0.4) is 0 Å². The lowest BCUT2D eigenvalue weighted by atomic mass is 10.1. The Morgan fingerprint density at radius 1 is 0.970 bits per heavy atom. The molecule has 0 saturated carbocycles. The number of hydrogen-bond donors (Lipinski definition) is 3. The molecular weight excluding hydrogens is 418 g/mol. The van der Waals surface area contributed by atoms with Gasteiger partial charge in [0.1, 0.15) is 5.75 Å². The van der Waals surface area contributed by atoms with Gasteiger partial charge in [0.05, 0.1) is 7.11 Å².